The molecule has 2 aliphatic heterocycles. The van der Waals surface area contributed by atoms with Gasteiger partial charge in [0, 0.05) is 6.42 Å². The molecule has 0 aliphatic carbocycles. The number of hydrogen-bond donors (Lipinski definition) is 0. The molecule has 2 saturated heterocycles. The van der Waals surface area contributed by atoms with Gasteiger partial charge in [-0.3, -0.25) is 0 Å². The van der Waals surface area contributed by atoms with Gasteiger partial charge in [0.25, 0.3) is 0 Å². The lowest BCUT2D eigenvalue weighted by atomic mass is 10.3. The van der Waals surface area contributed by atoms with Crippen LogP contribution in [0.4, 0.5) is 0 Å². The van der Waals surface area contributed by atoms with Crippen LogP contribution in [0.3, 0.4) is 0 Å². The number of fused-ring (bicyclic) bond motifs is 1. The van der Waals surface area contributed by atoms with Crippen molar-refractivity contribution in [2.45, 2.75) is 38.4 Å². The maximum Gasteiger partial charge on any atom is 0.187 e. The van der Waals surface area contributed by atoms with Crippen molar-refractivity contribution >= 4 is 0 Å². The molecule has 10 heavy (non-hydrogen) atoms. The highest BCUT2D eigenvalue weighted by atomic mass is 16.8. The molecule has 2 heterocycles. The minimum Gasteiger partial charge on any atom is -0.350 e. The zero-order valence-electron chi connectivity index (χ0n) is 6.29. The Labute approximate surface area is 60.3 Å². The zero-order valence-corrected chi connectivity index (χ0v) is 6.29. The van der Waals surface area contributed by atoms with Gasteiger partial charge in [-0.05, 0) is 13.8 Å². The molecule has 58 valence electrons. The first-order chi connectivity index (χ1) is 4.67. The fourth-order valence-corrected chi connectivity index (χ4v) is 1.44. The first-order valence-corrected chi connectivity index (χ1v) is 3.65. The highest BCUT2D eigenvalue weighted by Gasteiger charge is 2.44. The molecule has 2 atom stereocenters. The fraction of sp³-hybridized carbons (Fsp3) is 1.00. The van der Waals surface area contributed by atoms with Gasteiger partial charge in [0.15, 0.2) is 12.1 Å². The van der Waals surface area contributed by atoms with Crippen LogP contribution in [-0.4, -0.2) is 24.8 Å². The van der Waals surface area contributed by atoms with E-state index in [0.29, 0.717) is 0 Å². The van der Waals surface area contributed by atoms with Crippen LogP contribution in [0.1, 0.15) is 20.3 Å². The van der Waals surface area contributed by atoms with Gasteiger partial charge in [-0.2, -0.15) is 0 Å². The highest BCUT2D eigenvalue weighted by molar-refractivity contribution is 4.79. The molecule has 0 saturated carbocycles. The van der Waals surface area contributed by atoms with E-state index in [9.17, 15) is 0 Å². The monoisotopic (exact) mass is 144 g/mol. The van der Waals surface area contributed by atoms with Crippen molar-refractivity contribution in [2.75, 3.05) is 6.61 Å². The summed E-state index contributed by atoms with van der Waals surface area (Å²) in [5.74, 6) is -0.435. The molecule has 0 N–H and O–H groups in total. The molecule has 2 rings (SSSR count). The molecule has 3 nitrogen and oxygen atoms in total. The van der Waals surface area contributed by atoms with Crippen LogP contribution >= 0.6 is 0 Å². The smallest absolute Gasteiger partial charge is 0.187 e. The molecule has 0 unspecified atom stereocenters. The van der Waals surface area contributed by atoms with Gasteiger partial charge in [0.05, 0.1) is 6.61 Å². The van der Waals surface area contributed by atoms with Crippen LogP contribution in [0.15, 0.2) is 0 Å². The van der Waals surface area contributed by atoms with Gasteiger partial charge in [-0.15, -0.1) is 0 Å². The maximum absolute atomic E-state index is 5.53. The molecule has 0 amide bonds. The van der Waals surface area contributed by atoms with E-state index in [0.717, 1.165) is 13.0 Å². The summed E-state index contributed by atoms with van der Waals surface area (Å²) in [6.07, 6.45) is 1.04. The van der Waals surface area contributed by atoms with E-state index in [1.807, 2.05) is 13.8 Å². The van der Waals surface area contributed by atoms with Crippen molar-refractivity contribution in [3.8, 4) is 0 Å². The number of hydrogen-bond acceptors (Lipinski definition) is 3. The first-order valence-electron chi connectivity index (χ1n) is 3.65. The topological polar surface area (TPSA) is 27.7 Å². The predicted molar refractivity (Wildman–Crippen MR) is 34.4 cm³/mol. The van der Waals surface area contributed by atoms with Crippen LogP contribution in [-0.2, 0) is 14.2 Å². The molecule has 0 aromatic carbocycles. The van der Waals surface area contributed by atoms with Crippen molar-refractivity contribution < 1.29 is 14.2 Å². The highest BCUT2D eigenvalue weighted by Crippen LogP contribution is 2.33. The van der Waals surface area contributed by atoms with Gasteiger partial charge < -0.3 is 14.2 Å². The summed E-state index contributed by atoms with van der Waals surface area (Å²) in [5, 5.41) is 0. The van der Waals surface area contributed by atoms with Crippen LogP contribution in [0, 0.1) is 0 Å². The Hall–Kier alpha value is -0.120. The second kappa shape index (κ2) is 1.94. The standard InChI is InChI=1S/C7H12O3/c1-7(2)9-5-3-4-8-6(5)10-7/h5-6H,3-4H2,1-2H3/t5-,6-/m0/s1. The largest absolute Gasteiger partial charge is 0.350 e. The van der Waals surface area contributed by atoms with E-state index < -0.39 is 5.79 Å². The molecular weight excluding hydrogens is 132 g/mol. The van der Waals surface area contributed by atoms with Gasteiger partial charge in [-0.25, -0.2) is 0 Å². The van der Waals surface area contributed by atoms with Crippen LogP contribution in [0.25, 0.3) is 0 Å². The van der Waals surface area contributed by atoms with Gasteiger partial charge in [0.2, 0.25) is 0 Å². The van der Waals surface area contributed by atoms with E-state index in [1.165, 1.54) is 0 Å². The van der Waals surface area contributed by atoms with Gasteiger partial charge in [0.1, 0.15) is 6.10 Å². The Morgan fingerprint density at radius 2 is 2.10 bits per heavy atom. The van der Waals surface area contributed by atoms with Crippen LogP contribution in [0.5, 0.6) is 0 Å². The zero-order chi connectivity index (χ0) is 7.19. The van der Waals surface area contributed by atoms with Crippen molar-refractivity contribution in [1.29, 1.82) is 0 Å². The van der Waals surface area contributed by atoms with Crippen LogP contribution in [0.2, 0.25) is 0 Å². The normalized spacial score (nSPS) is 43.8. The summed E-state index contributed by atoms with van der Waals surface area (Å²) in [6, 6.07) is 0. The van der Waals surface area contributed by atoms with Crippen LogP contribution < -0.4 is 0 Å². The Morgan fingerprint density at radius 1 is 1.30 bits per heavy atom. The molecule has 0 radical (unpaired) electrons. The summed E-state index contributed by atoms with van der Waals surface area (Å²) < 4.78 is 16.2. The van der Waals surface area contributed by atoms with E-state index >= 15 is 0 Å². The van der Waals surface area contributed by atoms with Gasteiger partial charge in [-0.1, -0.05) is 0 Å². The number of ether oxygens (including phenoxy) is 3. The molecule has 2 aliphatic rings. The van der Waals surface area contributed by atoms with Gasteiger partial charge >= 0.3 is 0 Å². The first kappa shape index (κ1) is 6.58. The third-order valence-corrected chi connectivity index (χ3v) is 1.82. The minimum absolute atomic E-state index is 0.102. The summed E-state index contributed by atoms with van der Waals surface area (Å²) in [4.78, 5) is 0. The molecular formula is C7H12O3. The van der Waals surface area contributed by atoms with E-state index in [4.69, 9.17) is 14.2 Å². The van der Waals surface area contributed by atoms with Crippen molar-refractivity contribution in [3.63, 3.8) is 0 Å². The summed E-state index contributed by atoms with van der Waals surface area (Å²) in [7, 11) is 0. The molecule has 3 heteroatoms. The summed E-state index contributed by atoms with van der Waals surface area (Å²) in [6.45, 7) is 4.59. The molecule has 0 aromatic rings. The summed E-state index contributed by atoms with van der Waals surface area (Å²) >= 11 is 0. The van der Waals surface area contributed by atoms with Crippen molar-refractivity contribution in [3.05, 3.63) is 0 Å². The second-order valence-electron chi connectivity index (χ2n) is 3.20. The molecule has 0 aromatic heterocycles. The fourth-order valence-electron chi connectivity index (χ4n) is 1.44. The number of rotatable bonds is 0. The van der Waals surface area contributed by atoms with E-state index in [2.05, 4.69) is 0 Å². The lowest BCUT2D eigenvalue weighted by Gasteiger charge is -2.17. The Balaban J connectivity index is 2.07. The van der Waals surface area contributed by atoms with E-state index in [1.54, 1.807) is 0 Å². The third kappa shape index (κ3) is 0.944. The maximum atomic E-state index is 5.53. The quantitative estimate of drug-likeness (QED) is 0.505. The SMILES string of the molecule is CC1(C)O[C@@H]2OCC[C@@H]2O1. The third-order valence-electron chi connectivity index (χ3n) is 1.82. The van der Waals surface area contributed by atoms with Crippen molar-refractivity contribution in [1.82, 2.24) is 0 Å². The molecule has 0 spiro atoms. The lowest BCUT2D eigenvalue weighted by Crippen LogP contribution is -2.22. The Bertz CT molecular complexity index is 130. The molecule has 0 bridgehead atoms. The average Bonchev–Trinajstić information content (AvgIpc) is 2.20. The Morgan fingerprint density at radius 3 is 2.80 bits per heavy atom. The van der Waals surface area contributed by atoms with E-state index in [-0.39, 0.29) is 12.4 Å². The van der Waals surface area contributed by atoms with Crippen molar-refractivity contribution in [2.24, 2.45) is 0 Å². The Kier molecular flexibility index (Phi) is 1.27. The molecule has 2 fully saturated rings. The second-order valence-corrected chi connectivity index (χ2v) is 3.20. The minimum atomic E-state index is -0.435. The summed E-state index contributed by atoms with van der Waals surface area (Å²) in [5.41, 5.74) is 0. The average molecular weight is 144 g/mol. The predicted octanol–water partition coefficient (Wildman–Crippen LogP) is 0.884. The lowest BCUT2D eigenvalue weighted by molar-refractivity contribution is -0.192.